The van der Waals surface area contributed by atoms with Crippen molar-refractivity contribution in [1.29, 1.82) is 0 Å². The molecule has 0 aromatic heterocycles. The van der Waals surface area contributed by atoms with Gasteiger partial charge >= 0.3 is 6.03 Å². The Hall–Kier alpha value is -3.39. The highest BCUT2D eigenvalue weighted by Crippen LogP contribution is 2.27. The van der Waals surface area contributed by atoms with E-state index in [4.69, 9.17) is 4.74 Å². The van der Waals surface area contributed by atoms with Crippen molar-refractivity contribution >= 4 is 17.8 Å². The van der Waals surface area contributed by atoms with Crippen LogP contribution in [0.5, 0.6) is 5.75 Å². The summed E-state index contributed by atoms with van der Waals surface area (Å²) in [5, 5.41) is 3.41. The molecule has 1 atom stereocenters. The number of amides is 4. The van der Waals surface area contributed by atoms with Crippen molar-refractivity contribution in [3.8, 4) is 5.75 Å². The topological polar surface area (TPSA) is 91.0 Å². The lowest BCUT2D eigenvalue weighted by atomic mass is 9.92. The Labute approximate surface area is 175 Å². The molecule has 0 radical (unpaired) electrons. The molecule has 2 N–H and O–H groups in total. The van der Waals surface area contributed by atoms with E-state index in [-0.39, 0.29) is 6.54 Å². The summed E-state index contributed by atoms with van der Waals surface area (Å²) in [5.41, 5.74) is 2.85. The first-order chi connectivity index (χ1) is 14.3. The second-order valence-electron chi connectivity index (χ2n) is 7.35. The summed E-state index contributed by atoms with van der Waals surface area (Å²) >= 11 is 0. The summed E-state index contributed by atoms with van der Waals surface area (Å²) in [5.74, 6) is -0.188. The minimum atomic E-state index is -1.22. The quantitative estimate of drug-likeness (QED) is 0.650. The molecule has 1 saturated heterocycles. The van der Waals surface area contributed by atoms with Gasteiger partial charge in [-0.2, -0.15) is 5.01 Å². The number of carbonyl (C=O) groups excluding carboxylic acids is 3. The third-order valence-corrected chi connectivity index (χ3v) is 4.88. The molecule has 2 aromatic carbocycles. The Morgan fingerprint density at radius 2 is 1.80 bits per heavy atom. The van der Waals surface area contributed by atoms with E-state index in [0.29, 0.717) is 18.7 Å². The smallest absolute Gasteiger partial charge is 0.344 e. The van der Waals surface area contributed by atoms with Crippen molar-refractivity contribution in [2.75, 3.05) is 20.2 Å². The van der Waals surface area contributed by atoms with Crippen molar-refractivity contribution < 1.29 is 19.1 Å². The third-order valence-electron chi connectivity index (χ3n) is 4.88. The predicted octanol–water partition coefficient (Wildman–Crippen LogP) is 2.02. The van der Waals surface area contributed by atoms with Crippen LogP contribution in [0.3, 0.4) is 0 Å². The van der Waals surface area contributed by atoms with Gasteiger partial charge in [0.1, 0.15) is 11.3 Å². The van der Waals surface area contributed by atoms with E-state index >= 15 is 0 Å². The normalized spacial score (nSPS) is 18.5. The van der Waals surface area contributed by atoms with Crippen molar-refractivity contribution in [1.82, 2.24) is 20.7 Å². The second-order valence-corrected chi connectivity index (χ2v) is 7.35. The molecule has 158 valence electrons. The summed E-state index contributed by atoms with van der Waals surface area (Å²) in [4.78, 5) is 39.4. The van der Waals surface area contributed by atoms with Crippen LogP contribution in [0.15, 0.2) is 54.6 Å². The molecular weight excluding hydrogens is 384 g/mol. The molecular formula is C22H26N4O4. The molecule has 1 fully saturated rings. The Bertz CT molecular complexity index is 916. The number of nitrogens with zero attached hydrogens (tertiary/aromatic N) is 2. The Morgan fingerprint density at radius 1 is 1.13 bits per heavy atom. The van der Waals surface area contributed by atoms with Crippen LogP contribution in [0.4, 0.5) is 4.79 Å². The molecule has 8 heteroatoms. The predicted molar refractivity (Wildman–Crippen MR) is 111 cm³/mol. The highest BCUT2D eigenvalue weighted by atomic mass is 16.5. The molecule has 0 spiro atoms. The average Bonchev–Trinajstić information content (AvgIpc) is 2.94. The van der Waals surface area contributed by atoms with Gasteiger partial charge in [-0.25, -0.2) is 4.79 Å². The van der Waals surface area contributed by atoms with E-state index in [0.717, 1.165) is 16.3 Å². The first-order valence-corrected chi connectivity index (χ1v) is 9.75. The lowest BCUT2D eigenvalue weighted by Gasteiger charge is -2.22. The van der Waals surface area contributed by atoms with Gasteiger partial charge < -0.3 is 10.1 Å². The zero-order valence-electron chi connectivity index (χ0n) is 17.3. The minimum absolute atomic E-state index is 0.0202. The van der Waals surface area contributed by atoms with E-state index < -0.39 is 23.4 Å². The van der Waals surface area contributed by atoms with Gasteiger partial charge in [-0.15, -0.1) is 0 Å². The maximum atomic E-state index is 12.8. The largest absolute Gasteiger partial charge is 0.494 e. The highest BCUT2D eigenvalue weighted by Gasteiger charge is 2.49. The van der Waals surface area contributed by atoms with Gasteiger partial charge in [0.15, 0.2) is 0 Å². The maximum absolute atomic E-state index is 12.8. The van der Waals surface area contributed by atoms with Crippen molar-refractivity contribution in [2.24, 2.45) is 0 Å². The summed E-state index contributed by atoms with van der Waals surface area (Å²) < 4.78 is 5.42. The second kappa shape index (κ2) is 8.96. The lowest BCUT2D eigenvalue weighted by Crippen LogP contribution is -2.50. The third kappa shape index (κ3) is 4.60. The number of ether oxygens (including phenoxy) is 1. The van der Waals surface area contributed by atoms with Gasteiger partial charge in [-0.1, -0.05) is 42.5 Å². The molecule has 2 aromatic rings. The molecule has 1 heterocycles. The van der Waals surface area contributed by atoms with Gasteiger partial charge in [-0.05, 0) is 44.2 Å². The van der Waals surface area contributed by atoms with Crippen LogP contribution in [0.1, 0.15) is 25.0 Å². The maximum Gasteiger partial charge on any atom is 0.344 e. The highest BCUT2D eigenvalue weighted by molar-refractivity contribution is 6.08. The summed E-state index contributed by atoms with van der Waals surface area (Å²) in [7, 11) is 1.79. The Balaban J connectivity index is 1.57. The first kappa shape index (κ1) is 21.3. The van der Waals surface area contributed by atoms with E-state index in [9.17, 15) is 14.4 Å². The van der Waals surface area contributed by atoms with Crippen LogP contribution in [-0.4, -0.2) is 48.0 Å². The molecule has 30 heavy (non-hydrogen) atoms. The monoisotopic (exact) mass is 410 g/mol. The molecule has 1 aliphatic heterocycles. The van der Waals surface area contributed by atoms with Crippen LogP contribution in [0.25, 0.3) is 0 Å². The fourth-order valence-corrected chi connectivity index (χ4v) is 3.34. The number of hydrazine groups is 1. The van der Waals surface area contributed by atoms with Crippen molar-refractivity contribution in [3.05, 3.63) is 65.7 Å². The van der Waals surface area contributed by atoms with Crippen molar-refractivity contribution in [3.63, 3.8) is 0 Å². The van der Waals surface area contributed by atoms with Crippen LogP contribution in [-0.2, 0) is 21.7 Å². The van der Waals surface area contributed by atoms with Gasteiger partial charge in [0.25, 0.3) is 11.8 Å². The number of hydrogen-bond acceptors (Lipinski definition) is 5. The fourth-order valence-electron chi connectivity index (χ4n) is 3.34. The number of benzene rings is 2. The number of hydrogen-bond donors (Lipinski definition) is 2. The standard InChI is InChI=1S/C22H26N4O4/c1-4-30-18-12-10-16(11-13-18)14-25(3)15-19(27)24-26-20(28)22(2,23-21(26)29)17-8-6-5-7-9-17/h5-13H,4,14-15H2,1-3H3,(H,23,29)(H,24,27)/t22-/m1/s1. The van der Waals surface area contributed by atoms with Crippen molar-refractivity contribution in [2.45, 2.75) is 25.9 Å². The summed E-state index contributed by atoms with van der Waals surface area (Å²) in [6.07, 6.45) is 0. The lowest BCUT2D eigenvalue weighted by molar-refractivity contribution is -0.139. The van der Waals surface area contributed by atoms with Gasteiger partial charge in [0.05, 0.1) is 13.2 Å². The van der Waals surface area contributed by atoms with Crippen LogP contribution < -0.4 is 15.5 Å². The zero-order valence-corrected chi connectivity index (χ0v) is 17.3. The van der Waals surface area contributed by atoms with Crippen LogP contribution in [0.2, 0.25) is 0 Å². The molecule has 0 unspecified atom stereocenters. The zero-order chi connectivity index (χ0) is 21.7. The SMILES string of the molecule is CCOc1ccc(CN(C)CC(=O)NN2C(=O)N[C@](C)(c3ccccc3)C2=O)cc1. The fraction of sp³-hybridized carbons (Fsp3) is 0.318. The number of likely N-dealkylation sites (N-methyl/N-ethyl adjacent to an activating group) is 1. The number of carbonyl (C=O) groups is 3. The Kier molecular flexibility index (Phi) is 6.37. The summed E-state index contributed by atoms with van der Waals surface area (Å²) in [6, 6.07) is 15.9. The van der Waals surface area contributed by atoms with Gasteiger partial charge in [0.2, 0.25) is 0 Å². The molecule has 8 nitrogen and oxygen atoms in total. The molecule has 0 saturated carbocycles. The first-order valence-electron chi connectivity index (χ1n) is 9.75. The van der Waals surface area contributed by atoms with Gasteiger partial charge in [-0.3, -0.25) is 19.9 Å². The average molecular weight is 410 g/mol. The molecule has 0 aliphatic carbocycles. The number of rotatable bonds is 8. The van der Waals surface area contributed by atoms with Gasteiger partial charge in [0, 0.05) is 6.54 Å². The van der Waals surface area contributed by atoms with E-state index in [2.05, 4.69) is 10.7 Å². The van der Waals surface area contributed by atoms with Crippen LogP contribution >= 0.6 is 0 Å². The number of nitrogens with one attached hydrogen (secondary N) is 2. The minimum Gasteiger partial charge on any atom is -0.494 e. The van der Waals surface area contributed by atoms with E-state index in [1.165, 1.54) is 0 Å². The number of urea groups is 1. The van der Waals surface area contributed by atoms with E-state index in [1.807, 2.05) is 37.3 Å². The molecule has 4 amide bonds. The number of imide groups is 1. The summed E-state index contributed by atoms with van der Waals surface area (Å²) in [6.45, 7) is 4.69. The Morgan fingerprint density at radius 3 is 2.43 bits per heavy atom. The van der Waals surface area contributed by atoms with Crippen LogP contribution in [0, 0.1) is 0 Å². The molecule has 0 bridgehead atoms. The van der Waals surface area contributed by atoms with E-state index in [1.54, 1.807) is 43.1 Å². The molecule has 1 aliphatic rings. The molecule has 3 rings (SSSR count).